The van der Waals surface area contributed by atoms with E-state index in [1.807, 2.05) is 26.0 Å². The molecule has 3 heteroatoms. The van der Waals surface area contributed by atoms with Gasteiger partial charge in [0.1, 0.15) is 0 Å². The summed E-state index contributed by atoms with van der Waals surface area (Å²) in [5.41, 5.74) is 1.08. The Morgan fingerprint density at radius 3 is 2.33 bits per heavy atom. The maximum absolute atomic E-state index is 6.02. The SMILES string of the molecule is CC.COCC(C)c1ccc(Cl)cc1Cl. The molecule has 0 aliphatic carbocycles. The van der Waals surface area contributed by atoms with E-state index in [9.17, 15) is 0 Å². The second-order valence-corrected chi connectivity index (χ2v) is 3.87. The molecule has 0 radical (unpaired) electrons. The van der Waals surface area contributed by atoms with Crippen molar-refractivity contribution in [3.63, 3.8) is 0 Å². The van der Waals surface area contributed by atoms with Crippen molar-refractivity contribution in [2.45, 2.75) is 26.7 Å². The number of rotatable bonds is 3. The van der Waals surface area contributed by atoms with Crippen LogP contribution in [-0.4, -0.2) is 13.7 Å². The zero-order valence-corrected chi connectivity index (χ0v) is 11.2. The molecule has 0 aliphatic rings. The van der Waals surface area contributed by atoms with Gasteiger partial charge in [-0.3, -0.25) is 0 Å². The second-order valence-electron chi connectivity index (χ2n) is 3.02. The van der Waals surface area contributed by atoms with Crippen LogP contribution in [0.4, 0.5) is 0 Å². The van der Waals surface area contributed by atoms with Gasteiger partial charge >= 0.3 is 0 Å². The van der Waals surface area contributed by atoms with Gasteiger partial charge in [0.2, 0.25) is 0 Å². The molecule has 0 fully saturated rings. The van der Waals surface area contributed by atoms with Gasteiger partial charge in [0, 0.05) is 23.1 Å². The van der Waals surface area contributed by atoms with Crippen LogP contribution in [0.2, 0.25) is 10.0 Å². The largest absolute Gasteiger partial charge is 0.384 e. The van der Waals surface area contributed by atoms with Crippen LogP contribution >= 0.6 is 23.2 Å². The van der Waals surface area contributed by atoms with Gasteiger partial charge in [-0.1, -0.05) is 50.0 Å². The van der Waals surface area contributed by atoms with Gasteiger partial charge in [0.15, 0.2) is 0 Å². The Bertz CT molecular complexity index is 287. The number of hydrogen-bond acceptors (Lipinski definition) is 1. The highest BCUT2D eigenvalue weighted by Gasteiger charge is 2.09. The number of hydrogen-bond donors (Lipinski definition) is 0. The molecule has 0 saturated carbocycles. The Morgan fingerprint density at radius 2 is 1.87 bits per heavy atom. The summed E-state index contributed by atoms with van der Waals surface area (Å²) < 4.78 is 5.05. The molecular weight excluding hydrogens is 231 g/mol. The minimum absolute atomic E-state index is 0.301. The van der Waals surface area contributed by atoms with Crippen molar-refractivity contribution in [3.8, 4) is 0 Å². The lowest BCUT2D eigenvalue weighted by Crippen LogP contribution is -2.02. The van der Waals surface area contributed by atoms with Crippen molar-refractivity contribution in [2.75, 3.05) is 13.7 Å². The first-order valence-corrected chi connectivity index (χ1v) is 5.84. The number of halogens is 2. The van der Waals surface area contributed by atoms with Gasteiger partial charge in [-0.05, 0) is 17.7 Å². The molecule has 0 N–H and O–H groups in total. The maximum Gasteiger partial charge on any atom is 0.0528 e. The monoisotopic (exact) mass is 248 g/mol. The fraction of sp³-hybridized carbons (Fsp3) is 0.500. The molecule has 0 saturated heterocycles. The standard InChI is InChI=1S/C10H12Cl2O.C2H6/c1-7(6-13-2)9-4-3-8(11)5-10(9)12;1-2/h3-5,7H,6H2,1-2H3;1-2H3. The quantitative estimate of drug-likeness (QED) is 0.749. The number of ether oxygens (including phenoxy) is 1. The zero-order chi connectivity index (χ0) is 11.8. The summed E-state index contributed by atoms with van der Waals surface area (Å²) in [6.07, 6.45) is 0. The van der Waals surface area contributed by atoms with Crippen molar-refractivity contribution in [1.82, 2.24) is 0 Å². The minimum Gasteiger partial charge on any atom is -0.384 e. The second kappa shape index (κ2) is 7.98. The summed E-state index contributed by atoms with van der Waals surface area (Å²) in [7, 11) is 1.68. The van der Waals surface area contributed by atoms with Gasteiger partial charge in [0.05, 0.1) is 6.61 Å². The lowest BCUT2D eigenvalue weighted by molar-refractivity contribution is 0.184. The van der Waals surface area contributed by atoms with Crippen molar-refractivity contribution < 1.29 is 4.74 Å². The van der Waals surface area contributed by atoms with Gasteiger partial charge in [-0.15, -0.1) is 0 Å². The van der Waals surface area contributed by atoms with Crippen molar-refractivity contribution in [2.24, 2.45) is 0 Å². The lowest BCUT2D eigenvalue weighted by atomic mass is 10.0. The van der Waals surface area contributed by atoms with E-state index in [0.717, 1.165) is 5.56 Å². The highest BCUT2D eigenvalue weighted by molar-refractivity contribution is 6.35. The van der Waals surface area contributed by atoms with Gasteiger partial charge in [0.25, 0.3) is 0 Å². The normalized spacial score (nSPS) is 11.6. The van der Waals surface area contributed by atoms with E-state index in [4.69, 9.17) is 27.9 Å². The molecule has 0 amide bonds. The van der Waals surface area contributed by atoms with E-state index < -0.39 is 0 Å². The summed E-state index contributed by atoms with van der Waals surface area (Å²) in [5, 5.41) is 1.37. The fourth-order valence-electron chi connectivity index (χ4n) is 1.24. The highest BCUT2D eigenvalue weighted by atomic mass is 35.5. The molecule has 1 atom stereocenters. The van der Waals surface area contributed by atoms with Crippen LogP contribution in [-0.2, 0) is 4.74 Å². The first-order chi connectivity index (χ1) is 7.15. The molecule has 0 heterocycles. The number of methoxy groups -OCH3 is 1. The van der Waals surface area contributed by atoms with Crippen molar-refractivity contribution in [3.05, 3.63) is 33.8 Å². The fourth-order valence-corrected chi connectivity index (χ4v) is 1.84. The molecular formula is C12H18Cl2O. The van der Waals surface area contributed by atoms with E-state index in [-0.39, 0.29) is 0 Å². The first-order valence-electron chi connectivity index (χ1n) is 5.09. The molecule has 1 rings (SSSR count). The highest BCUT2D eigenvalue weighted by Crippen LogP contribution is 2.27. The topological polar surface area (TPSA) is 9.23 Å². The molecule has 1 aromatic carbocycles. The predicted molar refractivity (Wildman–Crippen MR) is 68.1 cm³/mol. The summed E-state index contributed by atoms with van der Waals surface area (Å²) >= 11 is 11.8. The molecule has 0 aromatic heterocycles. The molecule has 1 aromatic rings. The first kappa shape index (κ1) is 14.8. The van der Waals surface area contributed by atoms with Gasteiger partial charge in [-0.2, -0.15) is 0 Å². The third-order valence-electron chi connectivity index (χ3n) is 1.91. The third kappa shape index (κ3) is 4.87. The van der Waals surface area contributed by atoms with Crippen LogP contribution in [0.25, 0.3) is 0 Å². The molecule has 1 unspecified atom stereocenters. The van der Waals surface area contributed by atoms with E-state index >= 15 is 0 Å². The molecule has 0 bridgehead atoms. The average molecular weight is 249 g/mol. The Hall–Kier alpha value is -0.240. The molecule has 0 aliphatic heterocycles. The van der Waals surface area contributed by atoms with E-state index in [2.05, 4.69) is 6.92 Å². The van der Waals surface area contributed by atoms with Crippen LogP contribution in [0.15, 0.2) is 18.2 Å². The smallest absolute Gasteiger partial charge is 0.0528 e. The van der Waals surface area contributed by atoms with Gasteiger partial charge < -0.3 is 4.74 Å². The lowest BCUT2D eigenvalue weighted by Gasteiger charge is -2.12. The Balaban J connectivity index is 0.000000921. The summed E-state index contributed by atoms with van der Waals surface area (Å²) in [6.45, 7) is 6.74. The molecule has 1 nitrogen and oxygen atoms in total. The average Bonchev–Trinajstić information content (AvgIpc) is 2.21. The van der Waals surface area contributed by atoms with Crippen LogP contribution in [0.5, 0.6) is 0 Å². The van der Waals surface area contributed by atoms with Crippen LogP contribution < -0.4 is 0 Å². The summed E-state index contributed by atoms with van der Waals surface area (Å²) in [4.78, 5) is 0. The van der Waals surface area contributed by atoms with E-state index in [1.54, 1.807) is 13.2 Å². The van der Waals surface area contributed by atoms with Gasteiger partial charge in [-0.25, -0.2) is 0 Å². The van der Waals surface area contributed by atoms with E-state index in [0.29, 0.717) is 22.6 Å². The van der Waals surface area contributed by atoms with E-state index in [1.165, 1.54) is 0 Å². The minimum atomic E-state index is 0.301. The Morgan fingerprint density at radius 1 is 1.27 bits per heavy atom. The maximum atomic E-state index is 6.02. The van der Waals surface area contributed by atoms with Crippen LogP contribution in [0, 0.1) is 0 Å². The van der Waals surface area contributed by atoms with Crippen LogP contribution in [0.3, 0.4) is 0 Å². The third-order valence-corrected chi connectivity index (χ3v) is 2.47. The summed E-state index contributed by atoms with van der Waals surface area (Å²) in [5.74, 6) is 0.301. The van der Waals surface area contributed by atoms with Crippen molar-refractivity contribution in [1.29, 1.82) is 0 Å². The Labute approximate surface area is 102 Å². The molecule has 0 spiro atoms. The zero-order valence-electron chi connectivity index (χ0n) is 9.68. The Kier molecular flexibility index (Phi) is 7.85. The van der Waals surface area contributed by atoms with Crippen LogP contribution in [0.1, 0.15) is 32.3 Å². The number of benzene rings is 1. The molecule has 86 valence electrons. The summed E-state index contributed by atoms with van der Waals surface area (Å²) in [6, 6.07) is 5.54. The van der Waals surface area contributed by atoms with Crippen molar-refractivity contribution >= 4 is 23.2 Å². The predicted octanol–water partition coefficient (Wildman–Crippen LogP) is 4.77. The molecule has 15 heavy (non-hydrogen) atoms.